The van der Waals surface area contributed by atoms with Crippen molar-refractivity contribution in [3.63, 3.8) is 0 Å². The van der Waals surface area contributed by atoms with Crippen LogP contribution in [0.4, 0.5) is 0 Å². The van der Waals surface area contributed by atoms with Crippen LogP contribution < -0.4 is 5.32 Å². The normalized spacial score (nSPS) is 12.8. The van der Waals surface area contributed by atoms with Gasteiger partial charge in [-0.3, -0.25) is 4.68 Å². The number of nitrogens with one attached hydrogen (secondary N) is 1. The zero-order chi connectivity index (χ0) is 12.1. The van der Waals surface area contributed by atoms with E-state index >= 15 is 0 Å². The second-order valence-electron chi connectivity index (χ2n) is 4.27. The van der Waals surface area contributed by atoms with Crippen LogP contribution in [0.1, 0.15) is 42.3 Å². The molecule has 0 saturated carbocycles. The molecule has 1 rings (SSSR count). The Morgan fingerprint density at radius 3 is 2.62 bits per heavy atom. The van der Waals surface area contributed by atoms with Crippen molar-refractivity contribution < 1.29 is 0 Å². The van der Waals surface area contributed by atoms with E-state index < -0.39 is 0 Å². The van der Waals surface area contributed by atoms with E-state index in [0.29, 0.717) is 6.04 Å². The minimum atomic E-state index is 0.411. The summed E-state index contributed by atoms with van der Waals surface area (Å²) >= 11 is 0. The molecule has 0 bridgehead atoms. The van der Waals surface area contributed by atoms with Crippen LogP contribution in [-0.4, -0.2) is 16.8 Å². The summed E-state index contributed by atoms with van der Waals surface area (Å²) in [5.74, 6) is 0. The molecule has 0 aliphatic carbocycles. The number of hydrogen-bond acceptors (Lipinski definition) is 2. The van der Waals surface area contributed by atoms with E-state index in [1.807, 2.05) is 24.9 Å². The van der Waals surface area contributed by atoms with E-state index in [2.05, 4.69) is 30.8 Å². The minimum Gasteiger partial charge on any atom is -0.313 e. The predicted octanol–water partition coefficient (Wildman–Crippen LogP) is 2.65. The third-order valence-corrected chi connectivity index (χ3v) is 3.16. The Kier molecular flexibility index (Phi) is 4.74. The van der Waals surface area contributed by atoms with Crippen LogP contribution in [0.2, 0.25) is 0 Å². The van der Waals surface area contributed by atoms with Gasteiger partial charge in [0, 0.05) is 24.3 Å². The second kappa shape index (κ2) is 5.85. The van der Waals surface area contributed by atoms with Crippen molar-refractivity contribution in [3.05, 3.63) is 29.6 Å². The van der Waals surface area contributed by atoms with Gasteiger partial charge in [-0.25, -0.2) is 0 Å². The third-order valence-electron chi connectivity index (χ3n) is 3.16. The van der Waals surface area contributed by atoms with Gasteiger partial charge < -0.3 is 5.32 Å². The Balaban J connectivity index is 2.81. The highest BCUT2D eigenvalue weighted by molar-refractivity contribution is 5.28. The molecular formula is C13H23N3. The average molecular weight is 221 g/mol. The van der Waals surface area contributed by atoms with E-state index in [1.54, 1.807) is 0 Å². The van der Waals surface area contributed by atoms with Gasteiger partial charge in [-0.1, -0.05) is 6.08 Å². The van der Waals surface area contributed by atoms with E-state index in [-0.39, 0.29) is 0 Å². The van der Waals surface area contributed by atoms with E-state index in [9.17, 15) is 0 Å². The summed E-state index contributed by atoms with van der Waals surface area (Å²) in [5, 5.41) is 7.85. The molecule has 1 N–H and O–H groups in total. The monoisotopic (exact) mass is 221 g/mol. The van der Waals surface area contributed by atoms with Gasteiger partial charge >= 0.3 is 0 Å². The molecule has 0 amide bonds. The maximum Gasteiger partial charge on any atom is 0.0644 e. The van der Waals surface area contributed by atoms with E-state index in [4.69, 9.17) is 0 Å². The minimum absolute atomic E-state index is 0.411. The van der Waals surface area contributed by atoms with Gasteiger partial charge in [0.1, 0.15) is 0 Å². The molecule has 0 saturated heterocycles. The van der Waals surface area contributed by atoms with Crippen molar-refractivity contribution in [1.82, 2.24) is 15.1 Å². The summed E-state index contributed by atoms with van der Waals surface area (Å²) in [4.78, 5) is 0. The molecule has 1 aromatic rings. The smallest absolute Gasteiger partial charge is 0.0644 e. The van der Waals surface area contributed by atoms with Gasteiger partial charge in [0.25, 0.3) is 0 Å². The molecule has 16 heavy (non-hydrogen) atoms. The lowest BCUT2D eigenvalue weighted by Gasteiger charge is -2.16. The van der Waals surface area contributed by atoms with Crippen LogP contribution >= 0.6 is 0 Å². The second-order valence-corrected chi connectivity index (χ2v) is 4.27. The number of allylic oxidation sites excluding steroid dienone is 1. The molecule has 0 spiro atoms. The Bertz CT molecular complexity index is 352. The van der Waals surface area contributed by atoms with Crippen molar-refractivity contribution in [2.75, 3.05) is 7.05 Å². The van der Waals surface area contributed by atoms with Crippen molar-refractivity contribution in [1.29, 1.82) is 0 Å². The summed E-state index contributed by atoms with van der Waals surface area (Å²) in [5.41, 5.74) is 3.75. The molecule has 1 heterocycles. The molecule has 0 aliphatic rings. The van der Waals surface area contributed by atoms with Crippen LogP contribution in [0, 0.1) is 13.8 Å². The predicted molar refractivity (Wildman–Crippen MR) is 68.5 cm³/mol. The standard InChI is InChI=1S/C13H23N3/c1-6-7-8-9-12(14-4)13-10(2)15-16(5)11(13)3/h6,12,14H,1,7-9H2,2-5H3. The summed E-state index contributed by atoms with van der Waals surface area (Å²) in [6, 6.07) is 0.411. The topological polar surface area (TPSA) is 29.9 Å². The first-order valence-corrected chi connectivity index (χ1v) is 5.90. The highest BCUT2D eigenvalue weighted by Gasteiger charge is 2.17. The number of aryl methyl sites for hydroxylation is 2. The van der Waals surface area contributed by atoms with Crippen LogP contribution in [0.25, 0.3) is 0 Å². The molecule has 3 nitrogen and oxygen atoms in total. The maximum atomic E-state index is 4.46. The highest BCUT2D eigenvalue weighted by Crippen LogP contribution is 2.25. The summed E-state index contributed by atoms with van der Waals surface area (Å²) in [7, 11) is 4.02. The number of rotatable bonds is 6. The molecule has 0 aliphatic heterocycles. The summed E-state index contributed by atoms with van der Waals surface area (Å²) < 4.78 is 1.96. The zero-order valence-electron chi connectivity index (χ0n) is 10.9. The van der Waals surface area contributed by atoms with Gasteiger partial charge in [0.15, 0.2) is 0 Å². The van der Waals surface area contributed by atoms with Crippen LogP contribution in [0.5, 0.6) is 0 Å². The largest absolute Gasteiger partial charge is 0.313 e. The molecule has 0 radical (unpaired) electrons. The van der Waals surface area contributed by atoms with E-state index in [1.165, 1.54) is 17.7 Å². The Hall–Kier alpha value is -1.09. The van der Waals surface area contributed by atoms with Gasteiger partial charge in [0.05, 0.1) is 5.69 Å². The quantitative estimate of drug-likeness (QED) is 0.591. The fraction of sp³-hybridized carbons (Fsp3) is 0.615. The van der Waals surface area contributed by atoms with Crippen molar-refractivity contribution >= 4 is 0 Å². The van der Waals surface area contributed by atoms with Gasteiger partial charge in [-0.2, -0.15) is 5.10 Å². The van der Waals surface area contributed by atoms with Crippen LogP contribution in [0.3, 0.4) is 0 Å². The van der Waals surface area contributed by atoms with E-state index in [0.717, 1.165) is 18.5 Å². The number of unbranched alkanes of at least 4 members (excludes halogenated alkanes) is 1. The van der Waals surface area contributed by atoms with Crippen LogP contribution in [-0.2, 0) is 7.05 Å². The summed E-state index contributed by atoms with van der Waals surface area (Å²) in [6.07, 6.45) is 5.37. The van der Waals surface area contributed by atoms with Gasteiger partial charge in [-0.15, -0.1) is 6.58 Å². The SMILES string of the molecule is C=CCCCC(NC)c1c(C)nn(C)c1C. The lowest BCUT2D eigenvalue weighted by Crippen LogP contribution is -2.17. The highest BCUT2D eigenvalue weighted by atomic mass is 15.3. The first-order valence-electron chi connectivity index (χ1n) is 5.90. The van der Waals surface area contributed by atoms with Crippen molar-refractivity contribution in [2.24, 2.45) is 7.05 Å². The summed E-state index contributed by atoms with van der Waals surface area (Å²) in [6.45, 7) is 7.97. The fourth-order valence-electron chi connectivity index (χ4n) is 2.19. The first kappa shape index (κ1) is 13.0. The van der Waals surface area contributed by atoms with Gasteiger partial charge in [0.2, 0.25) is 0 Å². The third kappa shape index (κ3) is 2.73. The number of aromatic nitrogens is 2. The Morgan fingerprint density at radius 1 is 1.50 bits per heavy atom. The lowest BCUT2D eigenvalue weighted by molar-refractivity contribution is 0.525. The fourth-order valence-corrected chi connectivity index (χ4v) is 2.19. The molecule has 1 atom stereocenters. The van der Waals surface area contributed by atoms with Crippen LogP contribution in [0.15, 0.2) is 12.7 Å². The van der Waals surface area contributed by atoms with Crippen molar-refractivity contribution in [2.45, 2.75) is 39.2 Å². The molecule has 1 aromatic heterocycles. The molecular weight excluding hydrogens is 198 g/mol. The Labute approximate surface area is 98.5 Å². The zero-order valence-corrected chi connectivity index (χ0v) is 10.9. The molecule has 90 valence electrons. The Morgan fingerprint density at radius 2 is 2.19 bits per heavy atom. The number of hydrogen-bond donors (Lipinski definition) is 1. The van der Waals surface area contributed by atoms with Gasteiger partial charge in [-0.05, 0) is 40.2 Å². The van der Waals surface area contributed by atoms with Crippen molar-refractivity contribution in [3.8, 4) is 0 Å². The first-order chi connectivity index (χ1) is 7.61. The molecule has 3 heteroatoms. The number of nitrogens with zero attached hydrogens (tertiary/aromatic N) is 2. The molecule has 0 aromatic carbocycles. The molecule has 1 unspecified atom stereocenters. The lowest BCUT2D eigenvalue weighted by atomic mass is 9.99. The molecule has 0 fully saturated rings. The average Bonchev–Trinajstić information content (AvgIpc) is 2.50. The maximum absolute atomic E-state index is 4.46.